The lowest BCUT2D eigenvalue weighted by Crippen LogP contribution is -2.45. The first kappa shape index (κ1) is 17.1. The van der Waals surface area contributed by atoms with Gasteiger partial charge in [0.25, 0.3) is 11.5 Å². The Morgan fingerprint density at radius 3 is 2.72 bits per heavy atom. The molecule has 2 aromatic rings. The van der Waals surface area contributed by atoms with E-state index in [0.29, 0.717) is 0 Å². The Kier molecular flexibility index (Phi) is 5.11. The van der Waals surface area contributed by atoms with E-state index < -0.39 is 17.5 Å². The number of carbonyl (C=O) groups is 2. The van der Waals surface area contributed by atoms with Gasteiger partial charge in [0.1, 0.15) is 12.6 Å². The number of halogens is 1. The molecule has 2 amide bonds. The van der Waals surface area contributed by atoms with E-state index in [2.05, 4.69) is 10.4 Å². The number of piperidine rings is 1. The van der Waals surface area contributed by atoms with Gasteiger partial charge in [-0.05, 0) is 12.0 Å². The SMILES string of the molecule is O=C1CCC(n2ncc(OOCc3ccccc3)c(Cl)c2=O)C(=O)N1. The Bertz CT molecular complexity index is 853. The smallest absolute Gasteiger partial charge is 0.290 e. The van der Waals surface area contributed by atoms with Gasteiger partial charge in [-0.1, -0.05) is 41.9 Å². The van der Waals surface area contributed by atoms with Gasteiger partial charge in [-0.25, -0.2) is 4.68 Å². The zero-order valence-corrected chi connectivity index (χ0v) is 13.7. The third-order valence-corrected chi connectivity index (χ3v) is 3.98. The summed E-state index contributed by atoms with van der Waals surface area (Å²) < 4.78 is 0.939. The molecule has 1 aliphatic rings. The van der Waals surface area contributed by atoms with Gasteiger partial charge in [0, 0.05) is 6.42 Å². The minimum absolute atomic E-state index is 0.0499. The van der Waals surface area contributed by atoms with Gasteiger partial charge in [0.2, 0.25) is 11.7 Å². The molecule has 2 heterocycles. The topological polar surface area (TPSA) is 99.5 Å². The molecule has 25 heavy (non-hydrogen) atoms. The van der Waals surface area contributed by atoms with Gasteiger partial charge >= 0.3 is 0 Å². The molecule has 0 bridgehead atoms. The molecule has 0 saturated carbocycles. The van der Waals surface area contributed by atoms with Gasteiger partial charge < -0.3 is 4.89 Å². The molecule has 9 heteroatoms. The van der Waals surface area contributed by atoms with Crippen LogP contribution in [0, 0.1) is 0 Å². The summed E-state index contributed by atoms with van der Waals surface area (Å²) in [6, 6.07) is 8.40. The maximum atomic E-state index is 12.3. The lowest BCUT2D eigenvalue weighted by atomic mass is 10.1. The second-order valence-corrected chi connectivity index (χ2v) is 5.75. The number of imide groups is 1. The summed E-state index contributed by atoms with van der Waals surface area (Å²) >= 11 is 6.00. The van der Waals surface area contributed by atoms with Crippen molar-refractivity contribution < 1.29 is 19.4 Å². The van der Waals surface area contributed by atoms with E-state index in [0.717, 1.165) is 10.2 Å². The highest BCUT2D eigenvalue weighted by molar-refractivity contribution is 6.31. The number of benzene rings is 1. The Hall–Kier alpha value is -2.71. The zero-order valence-electron chi connectivity index (χ0n) is 13.0. The van der Waals surface area contributed by atoms with E-state index >= 15 is 0 Å². The molecule has 1 unspecified atom stereocenters. The fourth-order valence-electron chi connectivity index (χ4n) is 2.36. The van der Waals surface area contributed by atoms with Crippen LogP contribution in [-0.4, -0.2) is 21.6 Å². The summed E-state index contributed by atoms with van der Waals surface area (Å²) in [5.41, 5.74) is 0.181. The summed E-state index contributed by atoms with van der Waals surface area (Å²) in [5, 5.41) is 5.81. The zero-order chi connectivity index (χ0) is 17.8. The molecule has 3 rings (SSSR count). The molecular formula is C16H14ClN3O5. The molecule has 0 radical (unpaired) electrons. The van der Waals surface area contributed by atoms with Crippen molar-refractivity contribution in [2.75, 3.05) is 0 Å². The number of amides is 2. The van der Waals surface area contributed by atoms with Crippen molar-refractivity contribution in [1.82, 2.24) is 15.1 Å². The summed E-state index contributed by atoms with van der Waals surface area (Å²) in [6.45, 7) is 0.160. The normalized spacial score (nSPS) is 17.2. The van der Waals surface area contributed by atoms with Gasteiger partial charge in [-0.15, -0.1) is 0 Å². The van der Waals surface area contributed by atoms with E-state index in [4.69, 9.17) is 21.4 Å². The molecule has 130 valence electrons. The third kappa shape index (κ3) is 3.86. The van der Waals surface area contributed by atoms with Crippen LogP contribution in [0.4, 0.5) is 0 Å². The molecule has 1 aromatic carbocycles. The molecule has 0 aliphatic carbocycles. The second-order valence-electron chi connectivity index (χ2n) is 5.37. The number of nitrogens with zero attached hydrogens (tertiary/aromatic N) is 2. The van der Waals surface area contributed by atoms with Crippen molar-refractivity contribution in [3.63, 3.8) is 0 Å². The van der Waals surface area contributed by atoms with Gasteiger partial charge in [-0.3, -0.25) is 19.7 Å². The molecule has 8 nitrogen and oxygen atoms in total. The monoisotopic (exact) mass is 363 g/mol. The number of hydrogen-bond donors (Lipinski definition) is 1. The highest BCUT2D eigenvalue weighted by atomic mass is 35.5. The van der Waals surface area contributed by atoms with E-state index in [9.17, 15) is 14.4 Å². The standard InChI is InChI=1S/C16H14ClN3O5/c17-14-12(25-24-9-10-4-2-1-3-5-10)8-18-20(16(14)23)11-6-7-13(21)19-15(11)22/h1-5,8,11H,6-7,9H2,(H,19,21,22). The Morgan fingerprint density at radius 2 is 2.00 bits per heavy atom. The molecule has 1 fully saturated rings. The highest BCUT2D eigenvalue weighted by Gasteiger charge is 2.30. The fraction of sp³-hybridized carbons (Fsp3) is 0.250. The van der Waals surface area contributed by atoms with Crippen molar-refractivity contribution in [2.45, 2.75) is 25.5 Å². The number of rotatable bonds is 5. The molecule has 1 aliphatic heterocycles. The Balaban J connectivity index is 1.71. The van der Waals surface area contributed by atoms with Crippen molar-refractivity contribution in [3.05, 3.63) is 57.5 Å². The number of carbonyl (C=O) groups excluding carboxylic acids is 2. The number of nitrogens with one attached hydrogen (secondary N) is 1. The summed E-state index contributed by atoms with van der Waals surface area (Å²) in [7, 11) is 0. The van der Waals surface area contributed by atoms with E-state index in [-0.39, 0.29) is 36.1 Å². The van der Waals surface area contributed by atoms with Crippen LogP contribution < -0.4 is 15.8 Å². The maximum absolute atomic E-state index is 12.3. The third-order valence-electron chi connectivity index (χ3n) is 3.63. The highest BCUT2D eigenvalue weighted by Crippen LogP contribution is 2.22. The maximum Gasteiger partial charge on any atom is 0.290 e. The summed E-state index contributed by atoms with van der Waals surface area (Å²) in [4.78, 5) is 45.5. The van der Waals surface area contributed by atoms with Crippen molar-refractivity contribution in [3.8, 4) is 5.75 Å². The Morgan fingerprint density at radius 1 is 1.24 bits per heavy atom. The summed E-state index contributed by atoms with van der Waals surface area (Å²) in [5.74, 6) is -1.02. The molecule has 0 spiro atoms. The van der Waals surface area contributed by atoms with Crippen molar-refractivity contribution >= 4 is 23.4 Å². The Labute approximate surface area is 147 Å². The van der Waals surface area contributed by atoms with E-state index in [1.54, 1.807) is 0 Å². The summed E-state index contributed by atoms with van der Waals surface area (Å²) in [6.07, 6.45) is 1.50. The van der Waals surface area contributed by atoms with Crippen LogP contribution in [0.1, 0.15) is 24.4 Å². The van der Waals surface area contributed by atoms with Crippen molar-refractivity contribution in [2.24, 2.45) is 0 Å². The lowest BCUT2D eigenvalue weighted by molar-refractivity contribution is -0.217. The number of hydrogen-bond acceptors (Lipinski definition) is 6. The van der Waals surface area contributed by atoms with Crippen LogP contribution >= 0.6 is 11.6 Å². The first-order valence-corrected chi connectivity index (χ1v) is 7.88. The quantitative estimate of drug-likeness (QED) is 0.489. The average Bonchev–Trinajstić information content (AvgIpc) is 2.60. The molecule has 1 aromatic heterocycles. The largest absolute Gasteiger partial charge is 0.334 e. The lowest BCUT2D eigenvalue weighted by Gasteiger charge is -2.21. The molecule has 1 atom stereocenters. The molecule has 1 saturated heterocycles. The van der Waals surface area contributed by atoms with Crippen LogP contribution in [0.2, 0.25) is 5.02 Å². The molecule has 1 N–H and O–H groups in total. The van der Waals surface area contributed by atoms with Gasteiger partial charge in [-0.2, -0.15) is 9.99 Å². The number of aromatic nitrogens is 2. The van der Waals surface area contributed by atoms with Crippen LogP contribution in [-0.2, 0) is 21.1 Å². The van der Waals surface area contributed by atoms with Gasteiger partial charge in [0.15, 0.2) is 5.02 Å². The predicted octanol–water partition coefficient (Wildman–Crippen LogP) is 1.39. The van der Waals surface area contributed by atoms with Crippen LogP contribution in [0.5, 0.6) is 5.75 Å². The minimum atomic E-state index is -0.887. The van der Waals surface area contributed by atoms with E-state index in [1.807, 2.05) is 30.3 Å². The molecular weight excluding hydrogens is 350 g/mol. The first-order chi connectivity index (χ1) is 12.1. The van der Waals surface area contributed by atoms with Crippen LogP contribution in [0.15, 0.2) is 41.3 Å². The van der Waals surface area contributed by atoms with Crippen molar-refractivity contribution in [1.29, 1.82) is 0 Å². The first-order valence-electron chi connectivity index (χ1n) is 7.50. The van der Waals surface area contributed by atoms with Crippen LogP contribution in [0.3, 0.4) is 0 Å². The van der Waals surface area contributed by atoms with Gasteiger partial charge in [0.05, 0.1) is 6.20 Å². The predicted molar refractivity (Wildman–Crippen MR) is 86.8 cm³/mol. The fourth-order valence-corrected chi connectivity index (χ4v) is 2.53. The van der Waals surface area contributed by atoms with E-state index in [1.165, 1.54) is 6.20 Å². The second kappa shape index (κ2) is 7.45. The minimum Gasteiger partial charge on any atom is -0.334 e. The average molecular weight is 364 g/mol. The van der Waals surface area contributed by atoms with Crippen LogP contribution in [0.25, 0.3) is 0 Å².